The SMILES string of the molecule is C#CC(C)(C)NC(=O)N1CCC(C)C1C(=O)O. The zero-order valence-electron chi connectivity index (χ0n) is 10.4. The van der Waals surface area contributed by atoms with Crippen molar-refractivity contribution >= 4 is 12.0 Å². The Labute approximate surface area is 101 Å². The predicted molar refractivity (Wildman–Crippen MR) is 63.4 cm³/mol. The highest BCUT2D eigenvalue weighted by Crippen LogP contribution is 2.24. The van der Waals surface area contributed by atoms with Crippen LogP contribution in [0.25, 0.3) is 0 Å². The number of carbonyl (C=O) groups excluding carboxylic acids is 1. The summed E-state index contributed by atoms with van der Waals surface area (Å²) in [5.74, 6) is 1.44. The number of hydrogen-bond acceptors (Lipinski definition) is 2. The maximum absolute atomic E-state index is 11.9. The van der Waals surface area contributed by atoms with Crippen molar-refractivity contribution in [1.82, 2.24) is 10.2 Å². The molecule has 2 amide bonds. The van der Waals surface area contributed by atoms with E-state index in [0.717, 1.165) is 0 Å². The third-order valence-electron chi connectivity index (χ3n) is 2.99. The molecule has 0 aromatic carbocycles. The molecular formula is C12H18N2O3. The summed E-state index contributed by atoms with van der Waals surface area (Å²) in [6, 6.07) is -1.17. The van der Waals surface area contributed by atoms with Gasteiger partial charge >= 0.3 is 12.0 Å². The molecule has 1 aliphatic heterocycles. The Kier molecular flexibility index (Phi) is 3.66. The quantitative estimate of drug-likeness (QED) is 0.702. The van der Waals surface area contributed by atoms with Crippen LogP contribution in [0.2, 0.25) is 0 Å². The van der Waals surface area contributed by atoms with Gasteiger partial charge in [0.2, 0.25) is 0 Å². The van der Waals surface area contributed by atoms with E-state index in [4.69, 9.17) is 11.5 Å². The molecule has 0 saturated carbocycles. The van der Waals surface area contributed by atoms with E-state index in [1.165, 1.54) is 4.90 Å². The summed E-state index contributed by atoms with van der Waals surface area (Å²) >= 11 is 0. The van der Waals surface area contributed by atoms with Crippen molar-refractivity contribution in [3.63, 3.8) is 0 Å². The van der Waals surface area contributed by atoms with Crippen molar-refractivity contribution in [2.75, 3.05) is 6.54 Å². The van der Waals surface area contributed by atoms with Gasteiger partial charge in [0.15, 0.2) is 0 Å². The van der Waals surface area contributed by atoms with Gasteiger partial charge in [-0.15, -0.1) is 6.42 Å². The third-order valence-corrected chi connectivity index (χ3v) is 2.99. The standard InChI is InChI=1S/C12H18N2O3/c1-5-12(3,4)13-11(17)14-7-6-8(2)9(14)10(15)16/h1,8-9H,6-7H2,2-4H3,(H,13,17)(H,15,16). The lowest BCUT2D eigenvalue weighted by atomic mass is 10.0. The average molecular weight is 238 g/mol. The molecule has 2 atom stereocenters. The molecule has 0 radical (unpaired) electrons. The summed E-state index contributed by atoms with van der Waals surface area (Å²) in [7, 11) is 0. The predicted octanol–water partition coefficient (Wildman–Crippen LogP) is 0.903. The number of likely N-dealkylation sites (tertiary alicyclic amines) is 1. The Morgan fingerprint density at radius 3 is 2.59 bits per heavy atom. The van der Waals surface area contributed by atoms with Gasteiger partial charge in [-0.25, -0.2) is 9.59 Å². The van der Waals surface area contributed by atoms with Crippen LogP contribution in [-0.2, 0) is 4.79 Å². The van der Waals surface area contributed by atoms with Crippen LogP contribution in [0.3, 0.4) is 0 Å². The number of carboxylic acids is 1. The molecule has 0 spiro atoms. The molecule has 1 heterocycles. The highest BCUT2D eigenvalue weighted by Gasteiger charge is 2.40. The Bertz CT molecular complexity index is 370. The third kappa shape index (κ3) is 2.90. The Balaban J connectivity index is 2.77. The highest BCUT2D eigenvalue weighted by molar-refractivity contribution is 5.84. The van der Waals surface area contributed by atoms with Crippen molar-refractivity contribution in [2.24, 2.45) is 5.92 Å². The molecule has 0 bridgehead atoms. The fraction of sp³-hybridized carbons (Fsp3) is 0.667. The van der Waals surface area contributed by atoms with Gasteiger partial charge in [-0.1, -0.05) is 12.8 Å². The fourth-order valence-corrected chi connectivity index (χ4v) is 1.93. The molecule has 5 nitrogen and oxygen atoms in total. The van der Waals surface area contributed by atoms with Crippen molar-refractivity contribution in [2.45, 2.75) is 38.8 Å². The van der Waals surface area contributed by atoms with Crippen LogP contribution in [-0.4, -0.2) is 40.1 Å². The monoisotopic (exact) mass is 238 g/mol. The summed E-state index contributed by atoms with van der Waals surface area (Å²) in [6.45, 7) is 5.67. The number of hydrogen-bond donors (Lipinski definition) is 2. The first-order valence-electron chi connectivity index (χ1n) is 5.58. The van der Waals surface area contributed by atoms with Crippen LogP contribution in [0.5, 0.6) is 0 Å². The van der Waals surface area contributed by atoms with Crippen LogP contribution in [0.1, 0.15) is 27.2 Å². The van der Waals surface area contributed by atoms with Crippen molar-refractivity contribution in [3.05, 3.63) is 0 Å². The zero-order valence-corrected chi connectivity index (χ0v) is 10.4. The van der Waals surface area contributed by atoms with Gasteiger partial charge in [-0.2, -0.15) is 0 Å². The van der Waals surface area contributed by atoms with Crippen molar-refractivity contribution in [3.8, 4) is 12.3 Å². The van der Waals surface area contributed by atoms with Crippen LogP contribution in [0.4, 0.5) is 4.79 Å². The summed E-state index contributed by atoms with van der Waals surface area (Å²) in [4.78, 5) is 24.4. The minimum absolute atomic E-state index is 0.0350. The lowest BCUT2D eigenvalue weighted by molar-refractivity contribution is -0.142. The van der Waals surface area contributed by atoms with Crippen LogP contribution in [0, 0.1) is 18.3 Å². The van der Waals surface area contributed by atoms with E-state index in [-0.39, 0.29) is 5.92 Å². The maximum Gasteiger partial charge on any atom is 0.326 e. The number of carbonyl (C=O) groups is 2. The summed E-state index contributed by atoms with van der Waals surface area (Å²) in [5.41, 5.74) is -0.772. The van der Waals surface area contributed by atoms with Crippen LogP contribution < -0.4 is 5.32 Å². The molecular weight excluding hydrogens is 220 g/mol. The molecule has 94 valence electrons. The minimum atomic E-state index is -0.969. The highest BCUT2D eigenvalue weighted by atomic mass is 16.4. The fourth-order valence-electron chi connectivity index (χ4n) is 1.93. The van der Waals surface area contributed by atoms with Gasteiger partial charge in [-0.05, 0) is 26.2 Å². The molecule has 0 aromatic heterocycles. The first-order valence-corrected chi connectivity index (χ1v) is 5.58. The maximum atomic E-state index is 11.9. The Hall–Kier alpha value is -1.70. The number of rotatable bonds is 2. The molecule has 0 aromatic rings. The second-order valence-electron chi connectivity index (χ2n) is 4.94. The smallest absolute Gasteiger partial charge is 0.326 e. The zero-order chi connectivity index (χ0) is 13.2. The normalized spacial score (nSPS) is 24.2. The van der Waals surface area contributed by atoms with E-state index < -0.39 is 23.6 Å². The second kappa shape index (κ2) is 4.66. The number of terminal acetylenes is 1. The van der Waals surface area contributed by atoms with Crippen molar-refractivity contribution in [1.29, 1.82) is 0 Å². The number of amides is 2. The molecule has 17 heavy (non-hydrogen) atoms. The molecule has 1 fully saturated rings. The second-order valence-corrected chi connectivity index (χ2v) is 4.94. The first-order chi connectivity index (χ1) is 7.78. The topological polar surface area (TPSA) is 69.6 Å². The van der Waals surface area contributed by atoms with Crippen LogP contribution in [0.15, 0.2) is 0 Å². The molecule has 2 N–H and O–H groups in total. The molecule has 1 aliphatic rings. The van der Waals surface area contributed by atoms with Gasteiger partial charge in [0.05, 0.1) is 5.54 Å². The lowest BCUT2D eigenvalue weighted by Crippen LogP contribution is -2.53. The Morgan fingerprint density at radius 2 is 2.12 bits per heavy atom. The number of aliphatic carboxylic acids is 1. The van der Waals surface area contributed by atoms with Gasteiger partial charge in [-0.3, -0.25) is 0 Å². The Morgan fingerprint density at radius 1 is 1.53 bits per heavy atom. The summed E-state index contributed by atoms with van der Waals surface area (Å²) in [6.07, 6.45) is 5.97. The lowest BCUT2D eigenvalue weighted by Gasteiger charge is -2.28. The minimum Gasteiger partial charge on any atom is -0.480 e. The van der Waals surface area contributed by atoms with Crippen LogP contribution >= 0.6 is 0 Å². The van der Waals surface area contributed by atoms with E-state index in [1.54, 1.807) is 13.8 Å². The number of nitrogens with zero attached hydrogens (tertiary/aromatic N) is 1. The number of nitrogens with one attached hydrogen (secondary N) is 1. The van der Waals surface area contributed by atoms with E-state index in [2.05, 4.69) is 11.2 Å². The summed E-state index contributed by atoms with van der Waals surface area (Å²) in [5, 5.41) is 11.7. The molecule has 1 rings (SSSR count). The molecule has 2 unspecified atom stereocenters. The summed E-state index contributed by atoms with van der Waals surface area (Å²) < 4.78 is 0. The van der Waals surface area contributed by atoms with Gasteiger partial charge in [0, 0.05) is 6.54 Å². The van der Waals surface area contributed by atoms with Gasteiger partial charge < -0.3 is 15.3 Å². The molecule has 1 saturated heterocycles. The molecule has 5 heteroatoms. The van der Waals surface area contributed by atoms with E-state index in [0.29, 0.717) is 13.0 Å². The largest absolute Gasteiger partial charge is 0.480 e. The van der Waals surface area contributed by atoms with E-state index >= 15 is 0 Å². The van der Waals surface area contributed by atoms with Gasteiger partial charge in [0.25, 0.3) is 0 Å². The van der Waals surface area contributed by atoms with E-state index in [9.17, 15) is 9.59 Å². The average Bonchev–Trinajstić information content (AvgIpc) is 2.59. The first kappa shape index (κ1) is 13.4. The number of carboxylic acid groups (broad SMARTS) is 1. The number of urea groups is 1. The van der Waals surface area contributed by atoms with Gasteiger partial charge in [0.1, 0.15) is 6.04 Å². The molecule has 0 aliphatic carbocycles. The van der Waals surface area contributed by atoms with E-state index in [1.807, 2.05) is 6.92 Å². The van der Waals surface area contributed by atoms with Crippen molar-refractivity contribution < 1.29 is 14.7 Å².